The van der Waals surface area contributed by atoms with E-state index in [1.54, 1.807) is 24.3 Å². The molecule has 1 aliphatic rings. The van der Waals surface area contributed by atoms with Crippen molar-refractivity contribution in [2.45, 2.75) is 18.1 Å². The van der Waals surface area contributed by atoms with Gasteiger partial charge in [0.05, 0.1) is 15.9 Å². The molecule has 1 aromatic heterocycles. The molecule has 1 aliphatic heterocycles. The number of ether oxygens (including phenoxy) is 1. The van der Waals surface area contributed by atoms with Crippen molar-refractivity contribution in [1.29, 1.82) is 0 Å². The number of alkyl halides is 2. The number of rotatable bonds is 6. The molecule has 8 nitrogen and oxygen atoms in total. The monoisotopic (exact) mass is 438 g/mol. The summed E-state index contributed by atoms with van der Waals surface area (Å²) in [5, 5.41) is 0. The maximum Gasteiger partial charge on any atom is 0.387 e. The van der Waals surface area contributed by atoms with E-state index in [0.29, 0.717) is 36.2 Å². The highest BCUT2D eigenvalue weighted by Gasteiger charge is 2.29. The summed E-state index contributed by atoms with van der Waals surface area (Å²) in [5.74, 6) is 0.122. The Kier molecular flexibility index (Phi) is 5.58. The van der Waals surface area contributed by atoms with E-state index >= 15 is 0 Å². The highest BCUT2D eigenvalue weighted by Crippen LogP contribution is 2.24. The number of hydrogen-bond donors (Lipinski definition) is 2. The lowest BCUT2D eigenvalue weighted by molar-refractivity contribution is -0.0508. The highest BCUT2D eigenvalue weighted by atomic mass is 32.2. The Balaban J connectivity index is 1.44. The lowest BCUT2D eigenvalue weighted by Gasteiger charge is -2.34. The average Bonchev–Trinajstić information content (AvgIpc) is 3.09. The summed E-state index contributed by atoms with van der Waals surface area (Å²) in [6.45, 7) is -1.09. The fraction of sp³-hybridized carbons (Fsp3) is 0.316. The second-order valence-corrected chi connectivity index (χ2v) is 8.89. The van der Waals surface area contributed by atoms with Gasteiger partial charge in [-0.05, 0) is 24.3 Å². The minimum absolute atomic E-state index is 0.106. The molecule has 1 saturated heterocycles. The summed E-state index contributed by atoms with van der Waals surface area (Å²) < 4.78 is 57.1. The van der Waals surface area contributed by atoms with Crippen LogP contribution in [-0.2, 0) is 16.6 Å². The zero-order valence-corrected chi connectivity index (χ0v) is 16.7. The van der Waals surface area contributed by atoms with Crippen molar-refractivity contribution in [3.63, 3.8) is 0 Å². The van der Waals surface area contributed by atoms with Crippen molar-refractivity contribution in [3.8, 4) is 5.75 Å². The lowest BCUT2D eigenvalue weighted by atomic mass is 10.2. The van der Waals surface area contributed by atoms with Gasteiger partial charge in [0.2, 0.25) is 10.0 Å². The summed E-state index contributed by atoms with van der Waals surface area (Å²) in [6, 6.07) is 11.0. The van der Waals surface area contributed by atoms with Gasteiger partial charge >= 0.3 is 12.3 Å². The number of imidazole rings is 1. The van der Waals surface area contributed by atoms with Crippen LogP contribution >= 0.6 is 0 Å². The number of nitrogens with one attached hydrogen (secondary N) is 2. The van der Waals surface area contributed by atoms with Crippen molar-refractivity contribution < 1.29 is 21.9 Å². The van der Waals surface area contributed by atoms with E-state index in [1.807, 2.05) is 4.90 Å². The molecule has 2 aromatic carbocycles. The number of fused-ring (bicyclic) bond motifs is 1. The topological polar surface area (TPSA) is 98.5 Å². The van der Waals surface area contributed by atoms with E-state index in [1.165, 1.54) is 22.5 Å². The molecule has 0 unspecified atom stereocenters. The van der Waals surface area contributed by atoms with E-state index in [-0.39, 0.29) is 23.7 Å². The second-order valence-electron chi connectivity index (χ2n) is 6.95. The number of para-hydroxylation sites is 1. The van der Waals surface area contributed by atoms with Crippen LogP contribution < -0.4 is 10.4 Å². The van der Waals surface area contributed by atoms with Crippen LogP contribution in [0.15, 0.2) is 52.2 Å². The Morgan fingerprint density at radius 1 is 1.00 bits per heavy atom. The number of aromatic amines is 2. The van der Waals surface area contributed by atoms with Crippen LogP contribution in [0.4, 0.5) is 8.78 Å². The third-order valence-corrected chi connectivity index (χ3v) is 6.93. The molecule has 11 heteroatoms. The molecule has 160 valence electrons. The number of hydrogen-bond acceptors (Lipinski definition) is 5. The number of benzene rings is 2. The van der Waals surface area contributed by atoms with Crippen LogP contribution in [0, 0.1) is 0 Å². The number of nitrogens with zero attached hydrogens (tertiary/aromatic N) is 2. The number of halogens is 2. The van der Waals surface area contributed by atoms with Crippen molar-refractivity contribution in [1.82, 2.24) is 19.2 Å². The van der Waals surface area contributed by atoms with E-state index in [2.05, 4.69) is 14.7 Å². The number of sulfonamides is 1. The van der Waals surface area contributed by atoms with Gasteiger partial charge in [0.15, 0.2) is 0 Å². The van der Waals surface area contributed by atoms with Gasteiger partial charge in [0.25, 0.3) is 0 Å². The molecule has 0 radical (unpaired) electrons. The summed E-state index contributed by atoms with van der Waals surface area (Å²) in [6.07, 6.45) is 0. The molecule has 0 bridgehead atoms. The molecule has 1 fully saturated rings. The van der Waals surface area contributed by atoms with Gasteiger partial charge in [-0.2, -0.15) is 13.1 Å². The first-order valence-electron chi connectivity index (χ1n) is 9.30. The van der Waals surface area contributed by atoms with Crippen molar-refractivity contribution in [2.24, 2.45) is 0 Å². The number of piperazine rings is 1. The summed E-state index contributed by atoms with van der Waals surface area (Å²) >= 11 is 0. The Morgan fingerprint density at radius 3 is 2.43 bits per heavy atom. The quantitative estimate of drug-likeness (QED) is 0.613. The molecule has 3 aromatic rings. The third kappa shape index (κ3) is 4.23. The molecule has 0 spiro atoms. The van der Waals surface area contributed by atoms with Crippen molar-refractivity contribution in [3.05, 3.63) is 58.5 Å². The van der Waals surface area contributed by atoms with Gasteiger partial charge in [-0.1, -0.05) is 18.2 Å². The molecule has 0 amide bonds. The van der Waals surface area contributed by atoms with Crippen molar-refractivity contribution >= 4 is 21.1 Å². The average molecular weight is 438 g/mol. The van der Waals surface area contributed by atoms with Crippen molar-refractivity contribution in [2.75, 3.05) is 26.2 Å². The maximum absolute atomic E-state index is 13.0. The molecule has 4 rings (SSSR count). The summed E-state index contributed by atoms with van der Waals surface area (Å²) in [7, 11) is -3.72. The number of aromatic nitrogens is 2. The molecular weight excluding hydrogens is 418 g/mol. The fourth-order valence-electron chi connectivity index (χ4n) is 3.54. The third-order valence-electron chi connectivity index (χ3n) is 5.04. The van der Waals surface area contributed by atoms with Gasteiger partial charge in [0, 0.05) is 38.3 Å². The first-order valence-corrected chi connectivity index (χ1v) is 10.7. The van der Waals surface area contributed by atoms with E-state index < -0.39 is 22.3 Å². The van der Waals surface area contributed by atoms with Crippen LogP contribution in [0.25, 0.3) is 11.0 Å². The van der Waals surface area contributed by atoms with Gasteiger partial charge in [-0.3, -0.25) is 4.90 Å². The standard InChI is InChI=1S/C19H20F2N4O4S/c20-18(21)29-17-4-2-1-3-13(17)12-24-7-9-25(10-8-24)30(27,28)14-5-6-15-16(11-14)23-19(26)22-15/h1-6,11,18H,7-10,12H2,(H2,22,23,26). The molecule has 0 atom stereocenters. The first-order chi connectivity index (χ1) is 14.3. The SMILES string of the molecule is O=c1[nH]c2ccc(S(=O)(=O)N3CCN(Cc4ccccc4OC(F)F)CC3)cc2[nH]1. The second kappa shape index (κ2) is 8.17. The minimum Gasteiger partial charge on any atom is -0.434 e. The van der Waals surface area contributed by atoms with Gasteiger partial charge in [-0.15, -0.1) is 0 Å². The maximum atomic E-state index is 13.0. The molecular formula is C19H20F2N4O4S. The van der Waals surface area contributed by atoms with Crippen LogP contribution in [0.3, 0.4) is 0 Å². The van der Waals surface area contributed by atoms with Gasteiger partial charge in [-0.25, -0.2) is 13.2 Å². The van der Waals surface area contributed by atoms with E-state index in [0.717, 1.165) is 0 Å². The Labute approximate surface area is 171 Å². The predicted molar refractivity (Wildman–Crippen MR) is 106 cm³/mol. The van der Waals surface area contributed by atoms with Crippen LogP contribution in [0.1, 0.15) is 5.56 Å². The van der Waals surface area contributed by atoms with Gasteiger partial charge < -0.3 is 14.7 Å². The van der Waals surface area contributed by atoms with Gasteiger partial charge in [0.1, 0.15) is 5.75 Å². The largest absolute Gasteiger partial charge is 0.434 e. The smallest absolute Gasteiger partial charge is 0.387 e. The van der Waals surface area contributed by atoms with E-state index in [9.17, 15) is 22.0 Å². The summed E-state index contributed by atoms with van der Waals surface area (Å²) in [4.78, 5) is 18.6. The van der Waals surface area contributed by atoms with Crippen LogP contribution in [0.2, 0.25) is 0 Å². The van der Waals surface area contributed by atoms with Crippen LogP contribution in [-0.4, -0.2) is 60.4 Å². The normalized spacial score (nSPS) is 16.4. The Bertz CT molecular complexity index is 1200. The molecule has 2 N–H and O–H groups in total. The number of H-pyrrole nitrogens is 2. The Morgan fingerprint density at radius 2 is 1.70 bits per heavy atom. The van der Waals surface area contributed by atoms with E-state index in [4.69, 9.17) is 0 Å². The van der Waals surface area contributed by atoms with Crippen LogP contribution in [0.5, 0.6) is 5.75 Å². The summed E-state index contributed by atoms with van der Waals surface area (Å²) in [5.41, 5.74) is 1.18. The molecule has 0 saturated carbocycles. The molecule has 0 aliphatic carbocycles. The lowest BCUT2D eigenvalue weighted by Crippen LogP contribution is -2.48. The highest BCUT2D eigenvalue weighted by molar-refractivity contribution is 7.89. The minimum atomic E-state index is -3.72. The molecule has 2 heterocycles. The fourth-order valence-corrected chi connectivity index (χ4v) is 4.98. The Hall–Kier alpha value is -2.76. The zero-order chi connectivity index (χ0) is 21.3. The zero-order valence-electron chi connectivity index (χ0n) is 15.8. The first kappa shape index (κ1) is 20.5. The molecule has 30 heavy (non-hydrogen) atoms. The predicted octanol–water partition coefficient (Wildman–Crippen LogP) is 1.96.